The minimum absolute atomic E-state index is 0.0226. The highest BCUT2D eigenvalue weighted by Gasteiger charge is 2.20. The van der Waals surface area contributed by atoms with Crippen molar-refractivity contribution < 1.29 is 14.7 Å². The summed E-state index contributed by atoms with van der Waals surface area (Å²) in [5.74, 6) is -0.858. The van der Waals surface area contributed by atoms with Gasteiger partial charge in [-0.15, -0.1) is 0 Å². The van der Waals surface area contributed by atoms with Gasteiger partial charge in [-0.3, -0.25) is 9.59 Å². The summed E-state index contributed by atoms with van der Waals surface area (Å²) in [5, 5.41) is 14.4. The topological polar surface area (TPSA) is 78.4 Å². The van der Waals surface area contributed by atoms with E-state index in [4.69, 9.17) is 5.11 Å². The molecule has 0 unspecified atom stereocenters. The van der Waals surface area contributed by atoms with E-state index >= 15 is 0 Å². The lowest BCUT2D eigenvalue weighted by Gasteiger charge is -2.25. The van der Waals surface area contributed by atoms with Crippen LogP contribution in [0.1, 0.15) is 39.5 Å². The lowest BCUT2D eigenvalue weighted by Crippen LogP contribution is -2.43. The number of amides is 1. The van der Waals surface area contributed by atoms with Gasteiger partial charge in [0.2, 0.25) is 5.91 Å². The maximum Gasteiger partial charge on any atom is 0.303 e. The number of nitrogens with one attached hydrogen (secondary N) is 2. The number of aliphatic carboxylic acids is 1. The Morgan fingerprint density at radius 2 is 1.88 bits per heavy atom. The third-order valence-corrected chi connectivity index (χ3v) is 2.27. The zero-order valence-electron chi connectivity index (χ0n) is 10.3. The van der Waals surface area contributed by atoms with Gasteiger partial charge in [0.25, 0.3) is 0 Å². The van der Waals surface area contributed by atoms with Gasteiger partial charge in [-0.2, -0.15) is 0 Å². The Bertz CT molecular complexity index is 239. The fraction of sp³-hybridized carbons (Fsp3) is 0.818. The molecule has 5 nitrogen and oxygen atoms in total. The van der Waals surface area contributed by atoms with E-state index in [0.717, 1.165) is 13.0 Å². The molecular weight excluding hydrogens is 208 g/mol. The van der Waals surface area contributed by atoms with Crippen molar-refractivity contribution in [3.8, 4) is 0 Å². The van der Waals surface area contributed by atoms with Crippen LogP contribution in [-0.2, 0) is 9.59 Å². The second-order valence-electron chi connectivity index (χ2n) is 4.53. The van der Waals surface area contributed by atoms with Crippen LogP contribution in [0.3, 0.4) is 0 Å². The number of carboxylic acid groups (broad SMARTS) is 1. The average molecular weight is 230 g/mol. The maximum atomic E-state index is 11.5. The highest BCUT2D eigenvalue weighted by molar-refractivity contribution is 5.76. The van der Waals surface area contributed by atoms with E-state index in [-0.39, 0.29) is 12.3 Å². The molecule has 0 saturated carbocycles. The molecule has 0 aliphatic carbocycles. The second-order valence-corrected chi connectivity index (χ2v) is 4.53. The second kappa shape index (κ2) is 7.22. The Labute approximate surface area is 96.6 Å². The van der Waals surface area contributed by atoms with Crippen LogP contribution in [0.15, 0.2) is 0 Å². The summed E-state index contributed by atoms with van der Waals surface area (Å²) in [6.07, 6.45) is 1.78. The zero-order valence-corrected chi connectivity index (χ0v) is 10.3. The van der Waals surface area contributed by atoms with Crippen LogP contribution >= 0.6 is 0 Å². The van der Waals surface area contributed by atoms with Gasteiger partial charge in [0.1, 0.15) is 0 Å². The molecule has 0 atom stereocenters. The van der Waals surface area contributed by atoms with Crippen molar-refractivity contribution >= 4 is 11.9 Å². The molecule has 0 bridgehead atoms. The summed E-state index contributed by atoms with van der Waals surface area (Å²) in [4.78, 5) is 21.9. The first-order valence-corrected chi connectivity index (χ1v) is 5.55. The minimum atomic E-state index is -0.836. The number of hydrogen-bond donors (Lipinski definition) is 3. The molecule has 0 aromatic rings. The Balaban J connectivity index is 3.85. The number of carbonyl (C=O) groups is 2. The maximum absolute atomic E-state index is 11.5. The standard InChI is InChI=1S/C11H22N2O3/c1-11(2,7-6-10(15)16)13-9(14)5-4-8-12-3/h12H,4-8H2,1-3H3,(H,13,14)(H,15,16). The first-order chi connectivity index (χ1) is 7.37. The molecule has 0 saturated heterocycles. The largest absolute Gasteiger partial charge is 0.481 e. The molecule has 0 aliphatic rings. The van der Waals surface area contributed by atoms with Crippen LogP contribution in [0.4, 0.5) is 0 Å². The number of hydrogen-bond acceptors (Lipinski definition) is 3. The number of carboxylic acids is 1. The van der Waals surface area contributed by atoms with Gasteiger partial charge in [-0.05, 0) is 40.3 Å². The quantitative estimate of drug-likeness (QED) is 0.538. The predicted molar refractivity (Wildman–Crippen MR) is 62.3 cm³/mol. The third kappa shape index (κ3) is 8.23. The summed E-state index contributed by atoms with van der Waals surface area (Å²) >= 11 is 0. The molecule has 94 valence electrons. The first-order valence-electron chi connectivity index (χ1n) is 5.55. The summed E-state index contributed by atoms with van der Waals surface area (Å²) in [5.41, 5.74) is -0.449. The fourth-order valence-corrected chi connectivity index (χ4v) is 1.35. The minimum Gasteiger partial charge on any atom is -0.481 e. The smallest absolute Gasteiger partial charge is 0.303 e. The van der Waals surface area contributed by atoms with E-state index in [1.165, 1.54) is 0 Å². The molecule has 1 amide bonds. The molecule has 16 heavy (non-hydrogen) atoms. The van der Waals surface area contributed by atoms with Gasteiger partial charge >= 0.3 is 5.97 Å². The van der Waals surface area contributed by atoms with Gasteiger partial charge in [0.05, 0.1) is 0 Å². The molecule has 0 spiro atoms. The van der Waals surface area contributed by atoms with Crippen LogP contribution in [0.2, 0.25) is 0 Å². The van der Waals surface area contributed by atoms with Gasteiger partial charge in [0.15, 0.2) is 0 Å². The van der Waals surface area contributed by atoms with Crippen LogP contribution in [-0.4, -0.2) is 36.1 Å². The Hall–Kier alpha value is -1.10. The Morgan fingerprint density at radius 1 is 1.25 bits per heavy atom. The average Bonchev–Trinajstić information content (AvgIpc) is 2.15. The van der Waals surface area contributed by atoms with E-state index in [2.05, 4.69) is 10.6 Å². The van der Waals surface area contributed by atoms with Crippen LogP contribution in [0, 0.1) is 0 Å². The van der Waals surface area contributed by atoms with Crippen molar-refractivity contribution in [2.24, 2.45) is 0 Å². The highest BCUT2D eigenvalue weighted by Crippen LogP contribution is 2.11. The van der Waals surface area contributed by atoms with Crippen molar-refractivity contribution in [1.82, 2.24) is 10.6 Å². The summed E-state index contributed by atoms with van der Waals surface area (Å²) in [6.45, 7) is 4.49. The van der Waals surface area contributed by atoms with E-state index in [1.54, 1.807) is 0 Å². The monoisotopic (exact) mass is 230 g/mol. The SMILES string of the molecule is CNCCCC(=O)NC(C)(C)CCC(=O)O. The van der Waals surface area contributed by atoms with Crippen LogP contribution in [0.5, 0.6) is 0 Å². The van der Waals surface area contributed by atoms with E-state index in [1.807, 2.05) is 20.9 Å². The van der Waals surface area contributed by atoms with E-state index < -0.39 is 11.5 Å². The molecule has 0 aliphatic heterocycles. The molecule has 0 aromatic carbocycles. The molecule has 0 aromatic heterocycles. The van der Waals surface area contributed by atoms with Gasteiger partial charge in [-0.1, -0.05) is 0 Å². The normalized spacial score (nSPS) is 11.2. The van der Waals surface area contributed by atoms with Crippen molar-refractivity contribution in [1.29, 1.82) is 0 Å². The molecule has 0 rings (SSSR count). The van der Waals surface area contributed by atoms with Crippen molar-refractivity contribution in [3.05, 3.63) is 0 Å². The lowest BCUT2D eigenvalue weighted by atomic mass is 9.98. The van der Waals surface area contributed by atoms with Crippen molar-refractivity contribution in [2.75, 3.05) is 13.6 Å². The summed E-state index contributed by atoms with van der Waals surface area (Å²) in [7, 11) is 1.84. The van der Waals surface area contributed by atoms with Crippen LogP contribution in [0.25, 0.3) is 0 Å². The van der Waals surface area contributed by atoms with E-state index in [9.17, 15) is 9.59 Å². The molecule has 0 radical (unpaired) electrons. The number of carbonyl (C=O) groups excluding carboxylic acids is 1. The lowest BCUT2D eigenvalue weighted by molar-refractivity contribution is -0.137. The van der Waals surface area contributed by atoms with E-state index in [0.29, 0.717) is 12.8 Å². The Morgan fingerprint density at radius 3 is 2.38 bits per heavy atom. The number of rotatable bonds is 8. The predicted octanol–water partition coefficient (Wildman–Crippen LogP) is 0.746. The highest BCUT2D eigenvalue weighted by atomic mass is 16.4. The van der Waals surface area contributed by atoms with Crippen LogP contribution < -0.4 is 10.6 Å². The summed E-state index contributed by atoms with van der Waals surface area (Å²) < 4.78 is 0. The summed E-state index contributed by atoms with van der Waals surface area (Å²) in [6, 6.07) is 0. The molecule has 0 heterocycles. The fourth-order valence-electron chi connectivity index (χ4n) is 1.35. The van der Waals surface area contributed by atoms with Crippen molar-refractivity contribution in [3.63, 3.8) is 0 Å². The molecule has 3 N–H and O–H groups in total. The van der Waals surface area contributed by atoms with Crippen molar-refractivity contribution in [2.45, 2.75) is 45.1 Å². The zero-order chi connectivity index (χ0) is 12.6. The first kappa shape index (κ1) is 14.9. The molecule has 0 fully saturated rings. The third-order valence-electron chi connectivity index (χ3n) is 2.27. The molecule has 5 heteroatoms. The van der Waals surface area contributed by atoms with Gasteiger partial charge in [0, 0.05) is 18.4 Å². The van der Waals surface area contributed by atoms with Gasteiger partial charge in [-0.25, -0.2) is 0 Å². The molecular formula is C11H22N2O3. The Kier molecular flexibility index (Phi) is 6.72. The van der Waals surface area contributed by atoms with Gasteiger partial charge < -0.3 is 15.7 Å².